The van der Waals surface area contributed by atoms with Crippen molar-refractivity contribution in [3.63, 3.8) is 0 Å². The van der Waals surface area contributed by atoms with Gasteiger partial charge in [0, 0.05) is 5.41 Å². The van der Waals surface area contributed by atoms with E-state index in [2.05, 4.69) is 20.8 Å². The van der Waals surface area contributed by atoms with Gasteiger partial charge in [-0.05, 0) is 36.2 Å². The minimum absolute atomic E-state index is 0.0780. The van der Waals surface area contributed by atoms with Crippen LogP contribution >= 0.6 is 0 Å². The van der Waals surface area contributed by atoms with E-state index in [0.29, 0.717) is 17.8 Å². The number of carbonyl (C=O) groups is 1. The van der Waals surface area contributed by atoms with Crippen molar-refractivity contribution in [3.8, 4) is 0 Å². The van der Waals surface area contributed by atoms with E-state index in [-0.39, 0.29) is 17.5 Å². The second kappa shape index (κ2) is 4.61. The Bertz CT molecular complexity index is 505. The SMILES string of the molecule is CC1(C)[C@@H]2CC[C@]1(C)[C@H](OC(=O)Cc1ccccc1)C2. The predicted molar refractivity (Wildman–Crippen MR) is 79.3 cm³/mol. The molecule has 0 N–H and O–H groups in total. The summed E-state index contributed by atoms with van der Waals surface area (Å²) >= 11 is 0. The summed E-state index contributed by atoms with van der Waals surface area (Å²) < 4.78 is 5.85. The Hall–Kier alpha value is -1.31. The lowest BCUT2D eigenvalue weighted by Crippen LogP contribution is -2.38. The minimum atomic E-state index is -0.0780. The maximum absolute atomic E-state index is 12.2. The molecule has 0 radical (unpaired) electrons. The largest absolute Gasteiger partial charge is 0.462 e. The number of carbonyl (C=O) groups excluding carboxylic acids is 1. The molecule has 3 rings (SSSR count). The summed E-state index contributed by atoms with van der Waals surface area (Å²) in [5, 5.41) is 0. The van der Waals surface area contributed by atoms with E-state index in [1.165, 1.54) is 12.8 Å². The smallest absolute Gasteiger partial charge is 0.310 e. The van der Waals surface area contributed by atoms with Crippen molar-refractivity contribution in [3.05, 3.63) is 35.9 Å². The van der Waals surface area contributed by atoms with E-state index in [0.717, 1.165) is 12.0 Å². The van der Waals surface area contributed by atoms with Gasteiger partial charge in [0.25, 0.3) is 0 Å². The summed E-state index contributed by atoms with van der Waals surface area (Å²) in [6.07, 6.45) is 4.01. The predicted octanol–water partition coefficient (Wildman–Crippen LogP) is 3.99. The first-order valence-electron chi connectivity index (χ1n) is 7.67. The van der Waals surface area contributed by atoms with Crippen LogP contribution in [0.2, 0.25) is 0 Å². The highest BCUT2D eigenvalue weighted by Gasteiger charge is 2.62. The summed E-state index contributed by atoms with van der Waals surface area (Å²) in [7, 11) is 0. The van der Waals surface area contributed by atoms with Crippen molar-refractivity contribution < 1.29 is 9.53 Å². The molecule has 2 saturated carbocycles. The zero-order valence-corrected chi connectivity index (χ0v) is 12.7. The summed E-state index contributed by atoms with van der Waals surface area (Å²) in [6.45, 7) is 6.99. The molecule has 0 amide bonds. The lowest BCUT2D eigenvalue weighted by atomic mass is 9.70. The maximum Gasteiger partial charge on any atom is 0.310 e. The number of hydrogen-bond donors (Lipinski definition) is 0. The van der Waals surface area contributed by atoms with E-state index in [1.54, 1.807) is 0 Å². The second-order valence-corrected chi connectivity index (χ2v) is 7.25. The fourth-order valence-corrected chi connectivity index (χ4v) is 4.27. The molecule has 2 nitrogen and oxygen atoms in total. The molecule has 0 saturated heterocycles. The van der Waals surface area contributed by atoms with Crippen LogP contribution in [0.3, 0.4) is 0 Å². The summed E-state index contributed by atoms with van der Waals surface area (Å²) in [5.74, 6) is 0.632. The third-order valence-electron chi connectivity index (χ3n) is 6.18. The molecule has 2 aliphatic carbocycles. The Balaban J connectivity index is 1.66. The molecule has 2 heteroatoms. The topological polar surface area (TPSA) is 26.3 Å². The molecule has 108 valence electrons. The number of hydrogen-bond acceptors (Lipinski definition) is 2. The standard InChI is InChI=1S/C18H24O2/c1-17(2)14-9-10-18(17,3)15(12-14)20-16(19)11-13-7-5-4-6-8-13/h4-8,14-15H,9-12H2,1-3H3/t14-,15-,18-/m1/s1. The highest BCUT2D eigenvalue weighted by atomic mass is 16.5. The molecule has 0 aliphatic heterocycles. The molecule has 1 aromatic carbocycles. The van der Waals surface area contributed by atoms with Gasteiger partial charge >= 0.3 is 5.97 Å². The van der Waals surface area contributed by atoms with Crippen LogP contribution in [0.25, 0.3) is 0 Å². The van der Waals surface area contributed by atoms with Gasteiger partial charge in [0.1, 0.15) is 6.10 Å². The molecule has 2 aliphatic rings. The Kier molecular flexibility index (Phi) is 3.15. The van der Waals surface area contributed by atoms with Crippen LogP contribution in [0.4, 0.5) is 0 Å². The van der Waals surface area contributed by atoms with Gasteiger partial charge in [-0.3, -0.25) is 4.79 Å². The van der Waals surface area contributed by atoms with E-state index in [1.807, 2.05) is 30.3 Å². The van der Waals surface area contributed by atoms with Crippen LogP contribution in [0.15, 0.2) is 30.3 Å². The highest BCUT2D eigenvalue weighted by Crippen LogP contribution is 2.66. The van der Waals surface area contributed by atoms with Crippen molar-refractivity contribution >= 4 is 5.97 Å². The normalized spacial score (nSPS) is 34.1. The highest BCUT2D eigenvalue weighted by molar-refractivity contribution is 5.72. The van der Waals surface area contributed by atoms with Crippen LogP contribution in [-0.4, -0.2) is 12.1 Å². The number of rotatable bonds is 3. The molecule has 20 heavy (non-hydrogen) atoms. The Morgan fingerprint density at radius 3 is 2.50 bits per heavy atom. The molecule has 0 aromatic heterocycles. The van der Waals surface area contributed by atoms with Crippen molar-refractivity contribution in [2.75, 3.05) is 0 Å². The fourth-order valence-electron chi connectivity index (χ4n) is 4.27. The fraction of sp³-hybridized carbons (Fsp3) is 0.611. The first-order chi connectivity index (χ1) is 9.43. The van der Waals surface area contributed by atoms with Gasteiger partial charge in [0.2, 0.25) is 0 Å². The first-order valence-corrected chi connectivity index (χ1v) is 7.67. The summed E-state index contributed by atoms with van der Waals surface area (Å²) in [5.41, 5.74) is 1.49. The van der Waals surface area contributed by atoms with Gasteiger partial charge in [-0.25, -0.2) is 0 Å². The monoisotopic (exact) mass is 272 g/mol. The molecule has 3 atom stereocenters. The van der Waals surface area contributed by atoms with Crippen LogP contribution in [0.1, 0.15) is 45.6 Å². The van der Waals surface area contributed by atoms with Crippen molar-refractivity contribution in [1.82, 2.24) is 0 Å². The van der Waals surface area contributed by atoms with Crippen LogP contribution in [0, 0.1) is 16.7 Å². The number of fused-ring (bicyclic) bond motifs is 2. The third-order valence-corrected chi connectivity index (χ3v) is 6.18. The average molecular weight is 272 g/mol. The Labute approximate surface area is 121 Å². The number of ether oxygens (including phenoxy) is 1. The van der Waals surface area contributed by atoms with E-state index in [9.17, 15) is 4.79 Å². The lowest BCUT2D eigenvalue weighted by Gasteiger charge is -2.38. The van der Waals surface area contributed by atoms with Gasteiger partial charge < -0.3 is 4.74 Å². The minimum Gasteiger partial charge on any atom is -0.462 e. The van der Waals surface area contributed by atoms with Crippen molar-refractivity contribution in [2.45, 2.75) is 52.6 Å². The van der Waals surface area contributed by atoms with Gasteiger partial charge in [-0.2, -0.15) is 0 Å². The molecule has 0 unspecified atom stereocenters. The van der Waals surface area contributed by atoms with Crippen LogP contribution in [0.5, 0.6) is 0 Å². The number of esters is 1. The third kappa shape index (κ3) is 1.97. The molecule has 2 bridgehead atoms. The van der Waals surface area contributed by atoms with Gasteiger partial charge in [0.05, 0.1) is 6.42 Å². The van der Waals surface area contributed by atoms with Gasteiger partial charge in [-0.1, -0.05) is 51.1 Å². The Morgan fingerprint density at radius 1 is 1.25 bits per heavy atom. The lowest BCUT2D eigenvalue weighted by molar-refractivity contribution is -0.156. The van der Waals surface area contributed by atoms with Crippen LogP contribution < -0.4 is 0 Å². The van der Waals surface area contributed by atoms with Crippen LogP contribution in [-0.2, 0) is 16.0 Å². The van der Waals surface area contributed by atoms with E-state index in [4.69, 9.17) is 4.74 Å². The molecule has 2 fully saturated rings. The zero-order chi connectivity index (χ0) is 14.4. The quantitative estimate of drug-likeness (QED) is 0.778. The molecular formula is C18H24O2. The summed E-state index contributed by atoms with van der Waals surface area (Å²) in [4.78, 5) is 12.2. The molecule has 0 spiro atoms. The molecule has 0 heterocycles. The zero-order valence-electron chi connectivity index (χ0n) is 12.7. The summed E-state index contributed by atoms with van der Waals surface area (Å²) in [6, 6.07) is 9.85. The average Bonchev–Trinajstić information content (AvgIpc) is 2.73. The van der Waals surface area contributed by atoms with Gasteiger partial charge in [0.15, 0.2) is 0 Å². The van der Waals surface area contributed by atoms with Gasteiger partial charge in [-0.15, -0.1) is 0 Å². The van der Waals surface area contributed by atoms with E-state index < -0.39 is 0 Å². The maximum atomic E-state index is 12.2. The van der Waals surface area contributed by atoms with Crippen molar-refractivity contribution in [2.24, 2.45) is 16.7 Å². The number of benzene rings is 1. The molecule has 1 aromatic rings. The Morgan fingerprint density at radius 2 is 1.95 bits per heavy atom. The van der Waals surface area contributed by atoms with Crippen molar-refractivity contribution in [1.29, 1.82) is 0 Å². The molecular weight excluding hydrogens is 248 g/mol. The second-order valence-electron chi connectivity index (χ2n) is 7.25. The van der Waals surface area contributed by atoms with E-state index >= 15 is 0 Å². The first kappa shape index (κ1) is 13.7.